The van der Waals surface area contributed by atoms with Gasteiger partial charge in [0.25, 0.3) is 0 Å². The molecule has 0 aliphatic heterocycles. The van der Waals surface area contributed by atoms with E-state index in [0.717, 1.165) is 6.08 Å². The molecule has 2 nitrogen and oxygen atoms in total. The van der Waals surface area contributed by atoms with Gasteiger partial charge in [0.1, 0.15) is 0 Å². The molecule has 1 N–H and O–H groups in total. The second-order valence-corrected chi connectivity index (χ2v) is 3.48. The van der Waals surface area contributed by atoms with E-state index in [2.05, 4.69) is 0 Å². The molecule has 0 aromatic carbocycles. The van der Waals surface area contributed by atoms with Crippen molar-refractivity contribution in [1.29, 1.82) is 0 Å². The Kier molecular flexibility index (Phi) is 3.18. The number of alkyl halides is 3. The maximum Gasteiger partial charge on any atom is 0.392 e. The molecular weight excluding hydrogens is 197 g/mol. The zero-order valence-electron chi connectivity index (χ0n) is 7.47. The van der Waals surface area contributed by atoms with Gasteiger partial charge in [-0.2, -0.15) is 13.2 Å². The molecule has 0 aromatic rings. The topological polar surface area (TPSA) is 37.3 Å². The van der Waals surface area contributed by atoms with Gasteiger partial charge in [0, 0.05) is 6.08 Å². The summed E-state index contributed by atoms with van der Waals surface area (Å²) in [6.45, 7) is 0. The molecule has 0 spiro atoms. The van der Waals surface area contributed by atoms with Crippen LogP contribution in [0.25, 0.3) is 0 Å². The number of hydrogen-bond acceptors (Lipinski definition) is 1. The van der Waals surface area contributed by atoms with Crippen molar-refractivity contribution < 1.29 is 23.1 Å². The van der Waals surface area contributed by atoms with Gasteiger partial charge < -0.3 is 5.11 Å². The van der Waals surface area contributed by atoms with Crippen LogP contribution in [0.5, 0.6) is 0 Å². The molecular formula is C9H11F3O2. The van der Waals surface area contributed by atoms with E-state index in [1.807, 2.05) is 0 Å². The first kappa shape index (κ1) is 11.1. The van der Waals surface area contributed by atoms with Crippen molar-refractivity contribution in [2.24, 2.45) is 5.92 Å². The first-order valence-electron chi connectivity index (χ1n) is 4.38. The molecule has 1 aliphatic carbocycles. The lowest BCUT2D eigenvalue weighted by molar-refractivity contribution is -0.178. The van der Waals surface area contributed by atoms with Crippen LogP contribution < -0.4 is 0 Å². The Morgan fingerprint density at radius 1 is 1.50 bits per heavy atom. The predicted molar refractivity (Wildman–Crippen MR) is 43.7 cm³/mol. The molecule has 0 bridgehead atoms. The van der Waals surface area contributed by atoms with E-state index in [0.29, 0.717) is 18.4 Å². The number of carboxylic acid groups (broad SMARTS) is 1. The number of hydrogen-bond donors (Lipinski definition) is 1. The number of rotatable bonds is 1. The van der Waals surface area contributed by atoms with E-state index >= 15 is 0 Å². The Bertz CT molecular complexity index is 255. The quantitative estimate of drug-likeness (QED) is 0.673. The smallest absolute Gasteiger partial charge is 0.392 e. The predicted octanol–water partition coefficient (Wildman–Crippen LogP) is 2.75. The fraction of sp³-hybridized carbons (Fsp3) is 0.667. The summed E-state index contributed by atoms with van der Waals surface area (Å²) in [7, 11) is 0. The molecule has 0 radical (unpaired) electrons. The van der Waals surface area contributed by atoms with Gasteiger partial charge in [0.15, 0.2) is 0 Å². The molecule has 0 heterocycles. The van der Waals surface area contributed by atoms with Crippen LogP contribution in [0.2, 0.25) is 0 Å². The van der Waals surface area contributed by atoms with Crippen molar-refractivity contribution in [3.63, 3.8) is 0 Å². The van der Waals surface area contributed by atoms with Crippen LogP contribution >= 0.6 is 0 Å². The second kappa shape index (κ2) is 4.02. The first-order chi connectivity index (χ1) is 6.39. The fourth-order valence-corrected chi connectivity index (χ4v) is 1.68. The maximum atomic E-state index is 12.3. The number of carboxylic acids is 1. The SMILES string of the molecule is O=C(O)/C=C1\CCCC(C(F)(F)F)C1. The second-order valence-electron chi connectivity index (χ2n) is 3.48. The Morgan fingerprint density at radius 2 is 2.14 bits per heavy atom. The minimum absolute atomic E-state index is 0.112. The summed E-state index contributed by atoms with van der Waals surface area (Å²) >= 11 is 0. The van der Waals surface area contributed by atoms with Gasteiger partial charge in [-0.05, 0) is 25.7 Å². The van der Waals surface area contributed by atoms with Crippen molar-refractivity contribution in [3.05, 3.63) is 11.6 Å². The maximum absolute atomic E-state index is 12.3. The third-order valence-corrected chi connectivity index (χ3v) is 2.35. The molecule has 1 atom stereocenters. The summed E-state index contributed by atoms with van der Waals surface area (Å²) in [5.41, 5.74) is 0.395. The zero-order chi connectivity index (χ0) is 10.8. The van der Waals surface area contributed by atoms with Crippen molar-refractivity contribution >= 4 is 5.97 Å². The average molecular weight is 208 g/mol. The summed E-state index contributed by atoms with van der Waals surface area (Å²) in [6, 6.07) is 0. The largest absolute Gasteiger partial charge is 0.478 e. The van der Waals surface area contributed by atoms with Crippen LogP contribution in [0.15, 0.2) is 11.6 Å². The van der Waals surface area contributed by atoms with Gasteiger partial charge in [-0.15, -0.1) is 0 Å². The number of aliphatic carboxylic acids is 1. The molecule has 1 fully saturated rings. The summed E-state index contributed by atoms with van der Waals surface area (Å²) < 4.78 is 36.8. The minimum Gasteiger partial charge on any atom is -0.478 e. The lowest BCUT2D eigenvalue weighted by Gasteiger charge is -2.25. The van der Waals surface area contributed by atoms with E-state index < -0.39 is 18.1 Å². The van der Waals surface area contributed by atoms with Crippen LogP contribution in [0.3, 0.4) is 0 Å². The van der Waals surface area contributed by atoms with E-state index in [4.69, 9.17) is 5.11 Å². The van der Waals surface area contributed by atoms with Crippen molar-refractivity contribution in [3.8, 4) is 0 Å². The molecule has 1 unspecified atom stereocenters. The highest BCUT2D eigenvalue weighted by Gasteiger charge is 2.40. The third-order valence-electron chi connectivity index (χ3n) is 2.35. The van der Waals surface area contributed by atoms with Gasteiger partial charge in [-0.3, -0.25) is 0 Å². The van der Waals surface area contributed by atoms with E-state index in [1.165, 1.54) is 0 Å². The van der Waals surface area contributed by atoms with Crippen LogP contribution in [-0.2, 0) is 4.79 Å². The van der Waals surface area contributed by atoms with Gasteiger partial charge in [-0.1, -0.05) is 5.57 Å². The number of halogens is 3. The molecule has 1 saturated carbocycles. The molecule has 0 aromatic heterocycles. The van der Waals surface area contributed by atoms with Crippen molar-refractivity contribution in [2.45, 2.75) is 31.9 Å². The monoisotopic (exact) mass is 208 g/mol. The Hall–Kier alpha value is -1.00. The van der Waals surface area contributed by atoms with Gasteiger partial charge in [0.05, 0.1) is 5.92 Å². The Labute approximate surface area is 79.4 Å². The van der Waals surface area contributed by atoms with E-state index in [9.17, 15) is 18.0 Å². The van der Waals surface area contributed by atoms with E-state index in [-0.39, 0.29) is 12.8 Å². The van der Waals surface area contributed by atoms with Gasteiger partial charge in [-0.25, -0.2) is 4.79 Å². The highest BCUT2D eigenvalue weighted by atomic mass is 19.4. The summed E-state index contributed by atoms with van der Waals surface area (Å²) in [4.78, 5) is 10.3. The highest BCUT2D eigenvalue weighted by molar-refractivity contribution is 5.80. The molecule has 80 valence electrons. The van der Waals surface area contributed by atoms with Gasteiger partial charge >= 0.3 is 12.1 Å². The first-order valence-corrected chi connectivity index (χ1v) is 4.38. The highest BCUT2D eigenvalue weighted by Crippen LogP contribution is 2.39. The normalized spacial score (nSPS) is 26.5. The Balaban J connectivity index is 2.65. The standard InChI is InChI=1S/C9H11F3O2/c10-9(11,12)7-3-1-2-6(4-7)5-8(13)14/h5,7H,1-4H2,(H,13,14)/b6-5+. The summed E-state index contributed by atoms with van der Waals surface area (Å²) in [5.74, 6) is -2.52. The molecule has 1 aliphatic rings. The number of allylic oxidation sites excluding steroid dienone is 1. The van der Waals surface area contributed by atoms with Crippen LogP contribution in [0, 0.1) is 5.92 Å². The van der Waals surface area contributed by atoms with Gasteiger partial charge in [0.2, 0.25) is 0 Å². The van der Waals surface area contributed by atoms with Crippen molar-refractivity contribution in [2.75, 3.05) is 0 Å². The third kappa shape index (κ3) is 3.05. The van der Waals surface area contributed by atoms with Crippen LogP contribution in [-0.4, -0.2) is 17.3 Å². The van der Waals surface area contributed by atoms with E-state index in [1.54, 1.807) is 0 Å². The summed E-state index contributed by atoms with van der Waals surface area (Å²) in [6.07, 6.45) is -2.45. The lowest BCUT2D eigenvalue weighted by Crippen LogP contribution is -2.26. The molecule has 0 amide bonds. The zero-order valence-corrected chi connectivity index (χ0v) is 7.47. The molecule has 0 saturated heterocycles. The van der Waals surface area contributed by atoms with Crippen molar-refractivity contribution in [1.82, 2.24) is 0 Å². The summed E-state index contributed by atoms with van der Waals surface area (Å²) in [5, 5.41) is 8.40. The average Bonchev–Trinajstić information content (AvgIpc) is 2.01. The Morgan fingerprint density at radius 3 is 2.64 bits per heavy atom. The number of carbonyl (C=O) groups is 1. The molecule has 1 rings (SSSR count). The minimum atomic E-state index is -4.20. The fourth-order valence-electron chi connectivity index (χ4n) is 1.68. The molecule has 14 heavy (non-hydrogen) atoms. The van der Waals surface area contributed by atoms with Crippen LogP contribution in [0.4, 0.5) is 13.2 Å². The van der Waals surface area contributed by atoms with Crippen LogP contribution in [0.1, 0.15) is 25.7 Å². The lowest BCUT2D eigenvalue weighted by atomic mass is 9.85. The molecule has 5 heteroatoms.